The van der Waals surface area contributed by atoms with E-state index in [1.807, 2.05) is 30.5 Å². The number of ether oxygens (including phenoxy) is 1. The number of carbonyl (C=O) groups is 1. The fourth-order valence-corrected chi connectivity index (χ4v) is 2.28. The number of carbonyl (C=O) groups excluding carboxylic acids is 1. The van der Waals surface area contributed by atoms with Gasteiger partial charge >= 0.3 is 0 Å². The number of nitrogen functional groups attached to an aromatic ring is 1. The number of amides is 1. The van der Waals surface area contributed by atoms with Crippen LogP contribution in [0.1, 0.15) is 6.92 Å². The van der Waals surface area contributed by atoms with Gasteiger partial charge in [0.25, 0.3) is 0 Å². The molecule has 0 aliphatic carbocycles. The van der Waals surface area contributed by atoms with Crippen LogP contribution in [-0.2, 0) is 4.79 Å². The quantitative estimate of drug-likeness (QED) is 0.697. The summed E-state index contributed by atoms with van der Waals surface area (Å²) < 4.78 is 7.48. The summed E-state index contributed by atoms with van der Waals surface area (Å²) in [7, 11) is 0. The van der Waals surface area contributed by atoms with Crippen LogP contribution < -0.4 is 15.8 Å². The molecule has 0 bridgehead atoms. The SMILES string of the molecule is CC(=O)NCCOc1cc(N)nc2cc(-n3cccn3)ccc12. The molecular weight excluding hydrogens is 294 g/mol. The molecule has 2 heterocycles. The van der Waals surface area contributed by atoms with Crippen molar-refractivity contribution in [1.29, 1.82) is 0 Å². The summed E-state index contributed by atoms with van der Waals surface area (Å²) in [5.41, 5.74) is 7.49. The summed E-state index contributed by atoms with van der Waals surface area (Å²) in [5, 5.41) is 7.74. The highest BCUT2D eigenvalue weighted by atomic mass is 16.5. The fraction of sp³-hybridized carbons (Fsp3) is 0.188. The second-order valence-corrected chi connectivity index (χ2v) is 5.03. The van der Waals surface area contributed by atoms with Gasteiger partial charge in [-0.3, -0.25) is 4.79 Å². The number of benzene rings is 1. The summed E-state index contributed by atoms with van der Waals surface area (Å²) in [6.45, 7) is 2.26. The Kier molecular flexibility index (Phi) is 4.09. The van der Waals surface area contributed by atoms with Gasteiger partial charge in [-0.2, -0.15) is 5.10 Å². The number of fused-ring (bicyclic) bond motifs is 1. The Balaban J connectivity index is 1.88. The predicted molar refractivity (Wildman–Crippen MR) is 87.5 cm³/mol. The Morgan fingerprint density at radius 2 is 2.26 bits per heavy atom. The van der Waals surface area contributed by atoms with Crippen LogP contribution in [0.25, 0.3) is 16.6 Å². The summed E-state index contributed by atoms with van der Waals surface area (Å²) in [4.78, 5) is 15.2. The first-order chi connectivity index (χ1) is 11.1. The number of hydrogen-bond donors (Lipinski definition) is 2. The molecule has 7 nitrogen and oxygen atoms in total. The van der Waals surface area contributed by atoms with Gasteiger partial charge in [-0.05, 0) is 24.3 Å². The van der Waals surface area contributed by atoms with E-state index in [2.05, 4.69) is 15.4 Å². The zero-order valence-corrected chi connectivity index (χ0v) is 12.7. The van der Waals surface area contributed by atoms with E-state index < -0.39 is 0 Å². The lowest BCUT2D eigenvalue weighted by molar-refractivity contribution is -0.119. The molecule has 118 valence electrons. The van der Waals surface area contributed by atoms with Crippen molar-refractivity contribution in [2.45, 2.75) is 6.92 Å². The van der Waals surface area contributed by atoms with Crippen molar-refractivity contribution >= 4 is 22.6 Å². The van der Waals surface area contributed by atoms with E-state index >= 15 is 0 Å². The monoisotopic (exact) mass is 311 g/mol. The Morgan fingerprint density at radius 1 is 1.39 bits per heavy atom. The molecule has 7 heteroatoms. The Hall–Kier alpha value is -3.09. The van der Waals surface area contributed by atoms with Gasteiger partial charge in [0.05, 0.1) is 17.7 Å². The van der Waals surface area contributed by atoms with Gasteiger partial charge < -0.3 is 15.8 Å². The van der Waals surface area contributed by atoms with Gasteiger partial charge in [0.1, 0.15) is 18.2 Å². The molecule has 0 fully saturated rings. The second-order valence-electron chi connectivity index (χ2n) is 5.03. The minimum atomic E-state index is -0.0865. The standard InChI is InChI=1S/C16H17N5O2/c1-11(22)18-6-8-23-15-10-16(17)20-14-9-12(3-4-13(14)15)21-7-2-5-19-21/h2-5,7,9-10H,6,8H2,1H3,(H2,17,20)(H,18,22). The molecule has 0 saturated carbocycles. The molecule has 0 aliphatic heterocycles. The van der Waals surface area contributed by atoms with E-state index in [-0.39, 0.29) is 5.91 Å². The molecule has 23 heavy (non-hydrogen) atoms. The number of nitrogens with one attached hydrogen (secondary N) is 1. The molecule has 0 spiro atoms. The average molecular weight is 311 g/mol. The zero-order chi connectivity index (χ0) is 16.2. The third-order valence-corrected chi connectivity index (χ3v) is 3.28. The van der Waals surface area contributed by atoms with Gasteiger partial charge in [-0.15, -0.1) is 0 Å². The summed E-state index contributed by atoms with van der Waals surface area (Å²) >= 11 is 0. The molecule has 2 aromatic heterocycles. The number of rotatable bonds is 5. The number of nitrogens with zero attached hydrogens (tertiary/aromatic N) is 3. The summed E-state index contributed by atoms with van der Waals surface area (Å²) in [6, 6.07) is 9.30. The molecule has 1 amide bonds. The van der Waals surface area contributed by atoms with E-state index in [0.717, 1.165) is 16.6 Å². The van der Waals surface area contributed by atoms with E-state index in [1.165, 1.54) is 6.92 Å². The van der Waals surface area contributed by atoms with Gasteiger partial charge in [0, 0.05) is 30.8 Å². The van der Waals surface area contributed by atoms with Crippen LogP contribution >= 0.6 is 0 Å². The van der Waals surface area contributed by atoms with Crippen LogP contribution in [-0.4, -0.2) is 33.8 Å². The molecule has 0 saturated heterocycles. The van der Waals surface area contributed by atoms with Crippen LogP contribution in [0.5, 0.6) is 5.75 Å². The summed E-state index contributed by atoms with van der Waals surface area (Å²) in [6.07, 6.45) is 3.58. The topological polar surface area (TPSA) is 95.1 Å². The molecule has 0 aliphatic rings. The van der Waals surface area contributed by atoms with Gasteiger partial charge in [-0.1, -0.05) is 0 Å². The largest absolute Gasteiger partial charge is 0.491 e. The van der Waals surface area contributed by atoms with E-state index in [1.54, 1.807) is 16.9 Å². The van der Waals surface area contributed by atoms with E-state index in [0.29, 0.717) is 24.7 Å². The van der Waals surface area contributed by atoms with Crippen LogP contribution in [0.2, 0.25) is 0 Å². The first kappa shape index (κ1) is 14.8. The minimum Gasteiger partial charge on any atom is -0.491 e. The Labute approximate surface area is 133 Å². The number of nitrogens with two attached hydrogens (primary N) is 1. The first-order valence-electron chi connectivity index (χ1n) is 7.21. The Bertz CT molecular complexity index is 830. The van der Waals surface area contributed by atoms with Crippen LogP contribution in [0, 0.1) is 0 Å². The lowest BCUT2D eigenvalue weighted by Gasteiger charge is -2.11. The predicted octanol–water partition coefficient (Wildman–Crippen LogP) is 1.52. The van der Waals surface area contributed by atoms with Crippen molar-refractivity contribution in [1.82, 2.24) is 20.1 Å². The number of anilines is 1. The van der Waals surface area contributed by atoms with Crippen molar-refractivity contribution in [2.75, 3.05) is 18.9 Å². The number of hydrogen-bond acceptors (Lipinski definition) is 5. The van der Waals surface area contributed by atoms with E-state index in [9.17, 15) is 4.79 Å². The van der Waals surface area contributed by atoms with Gasteiger partial charge in [0.2, 0.25) is 5.91 Å². The van der Waals surface area contributed by atoms with Crippen LogP contribution in [0.3, 0.4) is 0 Å². The molecule has 3 rings (SSSR count). The fourth-order valence-electron chi connectivity index (χ4n) is 2.28. The molecule has 0 radical (unpaired) electrons. The third-order valence-electron chi connectivity index (χ3n) is 3.28. The second kappa shape index (κ2) is 6.35. The molecule has 0 unspecified atom stereocenters. The Morgan fingerprint density at radius 3 is 3.00 bits per heavy atom. The molecule has 0 atom stereocenters. The molecule has 3 N–H and O–H groups in total. The number of pyridine rings is 1. The zero-order valence-electron chi connectivity index (χ0n) is 12.7. The molecule has 1 aromatic carbocycles. The smallest absolute Gasteiger partial charge is 0.216 e. The number of aromatic nitrogens is 3. The third kappa shape index (κ3) is 3.39. The maximum atomic E-state index is 10.9. The lowest BCUT2D eigenvalue weighted by Crippen LogP contribution is -2.25. The summed E-state index contributed by atoms with van der Waals surface area (Å²) in [5.74, 6) is 0.936. The average Bonchev–Trinajstić information content (AvgIpc) is 3.04. The van der Waals surface area contributed by atoms with Crippen LogP contribution in [0.4, 0.5) is 5.82 Å². The van der Waals surface area contributed by atoms with Crippen molar-refractivity contribution < 1.29 is 9.53 Å². The van der Waals surface area contributed by atoms with Crippen LogP contribution in [0.15, 0.2) is 42.7 Å². The van der Waals surface area contributed by atoms with E-state index in [4.69, 9.17) is 10.5 Å². The lowest BCUT2D eigenvalue weighted by atomic mass is 10.2. The first-order valence-corrected chi connectivity index (χ1v) is 7.21. The van der Waals surface area contributed by atoms with Crippen molar-refractivity contribution in [3.05, 3.63) is 42.7 Å². The van der Waals surface area contributed by atoms with Crippen molar-refractivity contribution in [3.8, 4) is 11.4 Å². The molecular formula is C16H17N5O2. The van der Waals surface area contributed by atoms with Gasteiger partial charge in [0.15, 0.2) is 0 Å². The highest BCUT2D eigenvalue weighted by molar-refractivity contribution is 5.88. The molecule has 3 aromatic rings. The maximum absolute atomic E-state index is 10.9. The highest BCUT2D eigenvalue weighted by Gasteiger charge is 2.08. The van der Waals surface area contributed by atoms with Crippen molar-refractivity contribution in [3.63, 3.8) is 0 Å². The maximum Gasteiger partial charge on any atom is 0.216 e. The normalized spacial score (nSPS) is 10.7. The van der Waals surface area contributed by atoms with Gasteiger partial charge in [-0.25, -0.2) is 9.67 Å². The minimum absolute atomic E-state index is 0.0865. The highest BCUT2D eigenvalue weighted by Crippen LogP contribution is 2.28. The van der Waals surface area contributed by atoms with Crippen molar-refractivity contribution in [2.24, 2.45) is 0 Å².